The molecule has 2 saturated heterocycles. The summed E-state index contributed by atoms with van der Waals surface area (Å²) in [4.78, 5) is 11.1. The van der Waals surface area contributed by atoms with Gasteiger partial charge in [-0.1, -0.05) is 53.0 Å². The van der Waals surface area contributed by atoms with Crippen LogP contribution in [0.5, 0.6) is 0 Å². The van der Waals surface area contributed by atoms with Crippen molar-refractivity contribution < 1.29 is 0 Å². The molecule has 0 saturated carbocycles. The molecular formula is C22H23Cl2N3. The molecule has 1 aromatic heterocycles. The number of likely N-dealkylation sites (N-methyl/N-ethyl adjacent to an activating group) is 1. The maximum Gasteiger partial charge on any atom is 0.112 e. The minimum Gasteiger partial charge on any atom is -0.342 e. The van der Waals surface area contributed by atoms with Gasteiger partial charge in [0.25, 0.3) is 0 Å². The fourth-order valence-corrected chi connectivity index (χ4v) is 5.50. The number of nitrogens with zero attached hydrogens (tertiary/aromatic N) is 2. The van der Waals surface area contributed by atoms with Gasteiger partial charge in [0.2, 0.25) is 0 Å². The van der Waals surface area contributed by atoms with Crippen molar-refractivity contribution >= 4 is 34.2 Å². The van der Waals surface area contributed by atoms with Gasteiger partial charge in [-0.3, -0.25) is 4.90 Å². The van der Waals surface area contributed by atoms with Crippen LogP contribution in [0.3, 0.4) is 0 Å². The summed E-state index contributed by atoms with van der Waals surface area (Å²) in [6, 6.07) is 14.0. The third kappa shape index (κ3) is 2.88. The van der Waals surface area contributed by atoms with Gasteiger partial charge >= 0.3 is 0 Å². The summed E-state index contributed by atoms with van der Waals surface area (Å²) < 4.78 is 0. The van der Waals surface area contributed by atoms with Gasteiger partial charge in [-0.2, -0.15) is 0 Å². The SMILES string of the molecule is Cc1ccc(C2C[C@H]3CCC([C@H]2c2nc4cc(Cl)c(Cl)cc4[nH]2)N3C)cc1. The second-order valence-electron chi connectivity index (χ2n) is 8.15. The van der Waals surface area contributed by atoms with Crippen LogP contribution in [0.25, 0.3) is 11.0 Å². The lowest BCUT2D eigenvalue weighted by Crippen LogP contribution is -2.44. The first kappa shape index (κ1) is 17.5. The fraction of sp³-hybridized carbons (Fsp3) is 0.409. The second-order valence-corrected chi connectivity index (χ2v) is 8.96. The van der Waals surface area contributed by atoms with E-state index in [9.17, 15) is 0 Å². The molecule has 140 valence electrons. The quantitative estimate of drug-likeness (QED) is 0.580. The molecule has 2 aromatic carbocycles. The van der Waals surface area contributed by atoms with Crippen LogP contribution in [-0.2, 0) is 0 Å². The average Bonchev–Trinajstić information content (AvgIpc) is 3.13. The smallest absolute Gasteiger partial charge is 0.112 e. The first-order chi connectivity index (χ1) is 13.0. The van der Waals surface area contributed by atoms with E-state index < -0.39 is 0 Å². The van der Waals surface area contributed by atoms with E-state index in [1.165, 1.54) is 30.4 Å². The number of piperidine rings is 1. The Hall–Kier alpha value is -1.55. The Morgan fingerprint density at radius 1 is 1.07 bits per heavy atom. The number of H-pyrrole nitrogens is 1. The maximum atomic E-state index is 6.22. The molecule has 5 rings (SSSR count). The number of benzene rings is 2. The molecule has 2 fully saturated rings. The third-order valence-corrected chi connectivity index (χ3v) is 7.35. The fourth-order valence-electron chi connectivity index (χ4n) is 5.18. The van der Waals surface area contributed by atoms with E-state index in [1.807, 2.05) is 12.1 Å². The molecule has 0 spiro atoms. The van der Waals surface area contributed by atoms with Gasteiger partial charge in [0.15, 0.2) is 0 Å². The summed E-state index contributed by atoms with van der Waals surface area (Å²) in [7, 11) is 2.27. The van der Waals surface area contributed by atoms with Crippen LogP contribution in [0.2, 0.25) is 10.0 Å². The van der Waals surface area contributed by atoms with E-state index in [2.05, 4.69) is 48.1 Å². The lowest BCUT2D eigenvalue weighted by atomic mass is 9.75. The van der Waals surface area contributed by atoms with E-state index in [0.29, 0.717) is 34.0 Å². The van der Waals surface area contributed by atoms with E-state index in [1.54, 1.807) is 0 Å². The van der Waals surface area contributed by atoms with Crippen LogP contribution in [0, 0.1) is 6.92 Å². The predicted octanol–water partition coefficient (Wildman–Crippen LogP) is 5.91. The molecular weight excluding hydrogens is 377 g/mol. The largest absolute Gasteiger partial charge is 0.342 e. The van der Waals surface area contributed by atoms with Crippen LogP contribution in [0.1, 0.15) is 48.0 Å². The maximum absolute atomic E-state index is 6.22. The Morgan fingerprint density at radius 3 is 2.59 bits per heavy atom. The number of hydrogen-bond acceptors (Lipinski definition) is 2. The molecule has 5 heteroatoms. The van der Waals surface area contributed by atoms with Crippen molar-refractivity contribution in [2.45, 2.75) is 50.1 Å². The minimum atomic E-state index is 0.349. The van der Waals surface area contributed by atoms with Crippen LogP contribution in [-0.4, -0.2) is 34.0 Å². The Morgan fingerprint density at radius 2 is 1.81 bits per heavy atom. The first-order valence-electron chi connectivity index (χ1n) is 9.64. The van der Waals surface area contributed by atoms with Crippen LogP contribution in [0.15, 0.2) is 36.4 Å². The highest BCUT2D eigenvalue weighted by atomic mass is 35.5. The Labute approximate surface area is 169 Å². The molecule has 4 atom stereocenters. The standard InChI is InChI=1S/C22H23Cl2N3/c1-12-3-5-13(6-4-12)15-9-14-7-8-20(27(14)2)21(15)22-25-18-10-16(23)17(24)11-19(18)26-22/h3-6,10-11,14-15,20-21H,7-9H2,1-2H3,(H,25,26)/t14-,15?,20?,21+/m1/s1. The highest BCUT2D eigenvalue weighted by Gasteiger charge is 2.47. The van der Waals surface area contributed by atoms with E-state index >= 15 is 0 Å². The van der Waals surface area contributed by atoms with Crippen LogP contribution in [0.4, 0.5) is 0 Å². The molecule has 2 bridgehead atoms. The third-order valence-electron chi connectivity index (χ3n) is 6.63. The number of aromatic amines is 1. The van der Waals surface area contributed by atoms with Gasteiger partial charge < -0.3 is 4.98 Å². The molecule has 0 amide bonds. The summed E-state index contributed by atoms with van der Waals surface area (Å²) in [5.74, 6) is 1.89. The van der Waals surface area contributed by atoms with Crippen molar-refractivity contribution in [3.8, 4) is 0 Å². The predicted molar refractivity (Wildman–Crippen MR) is 112 cm³/mol. The minimum absolute atomic E-state index is 0.349. The Balaban J connectivity index is 1.62. The number of rotatable bonds is 2. The molecule has 27 heavy (non-hydrogen) atoms. The first-order valence-corrected chi connectivity index (χ1v) is 10.4. The molecule has 3 nitrogen and oxygen atoms in total. The molecule has 0 aliphatic carbocycles. The summed E-state index contributed by atoms with van der Waals surface area (Å²) in [6.45, 7) is 2.15. The van der Waals surface area contributed by atoms with Gasteiger partial charge in [0.05, 0.1) is 21.1 Å². The van der Waals surface area contributed by atoms with Crippen molar-refractivity contribution in [2.75, 3.05) is 7.05 Å². The molecule has 0 radical (unpaired) electrons. The molecule has 2 unspecified atom stereocenters. The molecule has 2 aliphatic heterocycles. The monoisotopic (exact) mass is 399 g/mol. The van der Waals surface area contributed by atoms with Crippen molar-refractivity contribution in [3.05, 3.63) is 63.4 Å². The number of imidazole rings is 1. The van der Waals surface area contributed by atoms with Gasteiger partial charge in [0.1, 0.15) is 5.82 Å². The number of nitrogens with one attached hydrogen (secondary N) is 1. The van der Waals surface area contributed by atoms with Gasteiger partial charge in [-0.25, -0.2) is 4.98 Å². The number of halogens is 2. The number of aryl methyl sites for hydroxylation is 1. The number of fused-ring (bicyclic) bond motifs is 3. The van der Waals surface area contributed by atoms with Crippen LogP contribution < -0.4 is 0 Å². The number of hydrogen-bond donors (Lipinski definition) is 1. The molecule has 1 N–H and O–H groups in total. The summed E-state index contributed by atoms with van der Waals surface area (Å²) in [6.07, 6.45) is 3.68. The molecule has 3 aromatic rings. The molecule has 2 aliphatic rings. The normalized spacial score (nSPS) is 28.1. The van der Waals surface area contributed by atoms with Crippen molar-refractivity contribution in [1.29, 1.82) is 0 Å². The summed E-state index contributed by atoms with van der Waals surface area (Å²) >= 11 is 12.4. The highest BCUT2D eigenvalue weighted by molar-refractivity contribution is 6.42. The van der Waals surface area contributed by atoms with E-state index in [-0.39, 0.29) is 0 Å². The summed E-state index contributed by atoms with van der Waals surface area (Å²) in [5.41, 5.74) is 4.58. The number of aromatic nitrogens is 2. The zero-order valence-corrected chi connectivity index (χ0v) is 17.1. The second kappa shape index (κ2) is 6.51. The van der Waals surface area contributed by atoms with E-state index in [0.717, 1.165) is 16.9 Å². The lowest BCUT2D eigenvalue weighted by molar-refractivity contribution is 0.134. The zero-order chi connectivity index (χ0) is 18.7. The topological polar surface area (TPSA) is 31.9 Å². The average molecular weight is 400 g/mol. The van der Waals surface area contributed by atoms with Crippen LogP contribution >= 0.6 is 23.2 Å². The highest BCUT2D eigenvalue weighted by Crippen LogP contribution is 2.50. The lowest BCUT2D eigenvalue weighted by Gasteiger charge is -2.42. The molecule has 3 heterocycles. The Kier molecular flexibility index (Phi) is 4.23. The Bertz CT molecular complexity index is 956. The van der Waals surface area contributed by atoms with E-state index in [4.69, 9.17) is 28.2 Å². The van der Waals surface area contributed by atoms with Gasteiger partial charge in [-0.05, 0) is 56.8 Å². The van der Waals surface area contributed by atoms with Crippen molar-refractivity contribution in [2.24, 2.45) is 0 Å². The van der Waals surface area contributed by atoms with Gasteiger partial charge in [-0.15, -0.1) is 0 Å². The van der Waals surface area contributed by atoms with Crippen molar-refractivity contribution in [1.82, 2.24) is 14.9 Å². The van der Waals surface area contributed by atoms with Gasteiger partial charge in [0, 0.05) is 18.0 Å². The zero-order valence-electron chi connectivity index (χ0n) is 15.5. The van der Waals surface area contributed by atoms with Crippen molar-refractivity contribution in [3.63, 3.8) is 0 Å². The summed E-state index contributed by atoms with van der Waals surface area (Å²) in [5, 5.41) is 1.12.